The highest BCUT2D eigenvalue weighted by atomic mass is 16.5. The minimum absolute atomic E-state index is 0.0951. The van der Waals surface area contributed by atoms with Crippen LogP contribution >= 0.6 is 0 Å². The molecule has 1 aliphatic rings. The van der Waals surface area contributed by atoms with Crippen molar-refractivity contribution in [1.82, 2.24) is 4.57 Å². The Balaban J connectivity index is 1.39. The molecule has 7 nitrogen and oxygen atoms in total. The maximum atomic E-state index is 12.4. The summed E-state index contributed by atoms with van der Waals surface area (Å²) in [5.74, 6) is -0.812. The van der Waals surface area contributed by atoms with E-state index in [0.29, 0.717) is 22.9 Å². The lowest BCUT2D eigenvalue weighted by Crippen LogP contribution is -2.36. The van der Waals surface area contributed by atoms with Gasteiger partial charge in [0.25, 0.3) is 0 Å². The number of amides is 1. The summed E-state index contributed by atoms with van der Waals surface area (Å²) in [5, 5.41) is 2.84. The average Bonchev–Trinajstić information content (AvgIpc) is 3.04. The number of hydrogen-bond acceptors (Lipinski definition) is 5. The molecule has 0 saturated carbocycles. The SMILES string of the molecule is COC1CCN(c2ccc(NC(=O)Cn3c(=O)oc4ccccc43)cc2)CC1. The summed E-state index contributed by atoms with van der Waals surface area (Å²) in [6.45, 7) is 1.82. The van der Waals surface area contributed by atoms with E-state index in [9.17, 15) is 9.59 Å². The number of methoxy groups -OCH3 is 1. The first-order valence-electron chi connectivity index (χ1n) is 9.40. The zero-order valence-electron chi connectivity index (χ0n) is 15.8. The third-order valence-electron chi connectivity index (χ3n) is 5.17. The number of rotatable bonds is 5. The highest BCUT2D eigenvalue weighted by Crippen LogP contribution is 2.23. The molecule has 1 aromatic heterocycles. The van der Waals surface area contributed by atoms with Crippen molar-refractivity contribution in [3.05, 3.63) is 59.1 Å². The van der Waals surface area contributed by atoms with Crippen molar-refractivity contribution in [3.63, 3.8) is 0 Å². The second-order valence-corrected chi connectivity index (χ2v) is 6.94. The van der Waals surface area contributed by atoms with E-state index in [1.54, 1.807) is 31.4 Å². The van der Waals surface area contributed by atoms with Gasteiger partial charge in [0.05, 0.1) is 11.6 Å². The van der Waals surface area contributed by atoms with Crippen molar-refractivity contribution in [3.8, 4) is 0 Å². The van der Waals surface area contributed by atoms with Crippen molar-refractivity contribution in [2.75, 3.05) is 30.4 Å². The number of nitrogens with one attached hydrogen (secondary N) is 1. The molecule has 0 aliphatic carbocycles. The minimum Gasteiger partial charge on any atom is -0.408 e. The number of para-hydroxylation sites is 2. The van der Waals surface area contributed by atoms with Crippen LogP contribution in [0.4, 0.5) is 11.4 Å². The Kier molecular flexibility index (Phi) is 5.16. The predicted octanol–water partition coefficient (Wildman–Crippen LogP) is 2.85. The maximum Gasteiger partial charge on any atom is 0.420 e. The lowest BCUT2D eigenvalue weighted by atomic mass is 10.1. The number of fused-ring (bicyclic) bond motifs is 1. The summed E-state index contributed by atoms with van der Waals surface area (Å²) in [5.41, 5.74) is 2.91. The fraction of sp³-hybridized carbons (Fsp3) is 0.333. The molecule has 1 saturated heterocycles. The predicted molar refractivity (Wildman–Crippen MR) is 108 cm³/mol. The monoisotopic (exact) mass is 381 g/mol. The number of anilines is 2. The van der Waals surface area contributed by atoms with Crippen LogP contribution in [0.25, 0.3) is 11.1 Å². The minimum atomic E-state index is -0.536. The van der Waals surface area contributed by atoms with Gasteiger partial charge in [-0.05, 0) is 49.2 Å². The molecule has 3 aromatic rings. The van der Waals surface area contributed by atoms with Gasteiger partial charge in [0.2, 0.25) is 5.91 Å². The maximum absolute atomic E-state index is 12.4. The van der Waals surface area contributed by atoms with Crippen LogP contribution < -0.4 is 16.0 Å². The van der Waals surface area contributed by atoms with Crippen LogP contribution in [0.3, 0.4) is 0 Å². The fourth-order valence-corrected chi connectivity index (χ4v) is 3.61. The molecule has 28 heavy (non-hydrogen) atoms. The smallest absolute Gasteiger partial charge is 0.408 e. The zero-order valence-corrected chi connectivity index (χ0v) is 15.8. The summed E-state index contributed by atoms with van der Waals surface area (Å²) in [6.07, 6.45) is 2.38. The zero-order chi connectivity index (χ0) is 19.5. The Morgan fingerprint density at radius 1 is 1.14 bits per heavy atom. The fourth-order valence-electron chi connectivity index (χ4n) is 3.61. The molecule has 7 heteroatoms. The number of oxazole rings is 1. The third kappa shape index (κ3) is 3.80. The number of nitrogens with zero attached hydrogens (tertiary/aromatic N) is 2. The molecule has 0 radical (unpaired) electrons. The molecule has 2 heterocycles. The number of carbonyl (C=O) groups is 1. The average molecular weight is 381 g/mol. The van der Waals surface area contributed by atoms with Crippen LogP contribution in [0, 0.1) is 0 Å². The Labute approximate surface area is 162 Å². The van der Waals surface area contributed by atoms with E-state index in [1.165, 1.54) is 4.57 Å². The van der Waals surface area contributed by atoms with Gasteiger partial charge in [0, 0.05) is 31.6 Å². The van der Waals surface area contributed by atoms with Crippen molar-refractivity contribution in [1.29, 1.82) is 0 Å². The van der Waals surface area contributed by atoms with E-state index in [4.69, 9.17) is 9.15 Å². The molecule has 146 valence electrons. The van der Waals surface area contributed by atoms with Crippen LogP contribution in [0.5, 0.6) is 0 Å². The van der Waals surface area contributed by atoms with Gasteiger partial charge in [-0.2, -0.15) is 0 Å². The van der Waals surface area contributed by atoms with Crippen LogP contribution in [0.2, 0.25) is 0 Å². The number of carbonyl (C=O) groups excluding carboxylic acids is 1. The summed E-state index contributed by atoms with van der Waals surface area (Å²) in [6, 6.07) is 14.8. The lowest BCUT2D eigenvalue weighted by molar-refractivity contribution is -0.116. The molecule has 0 bridgehead atoms. The molecule has 0 atom stereocenters. The van der Waals surface area contributed by atoms with Gasteiger partial charge in [-0.3, -0.25) is 9.36 Å². The summed E-state index contributed by atoms with van der Waals surface area (Å²) in [7, 11) is 1.76. The van der Waals surface area contributed by atoms with Gasteiger partial charge in [-0.15, -0.1) is 0 Å². The van der Waals surface area contributed by atoms with Crippen LogP contribution in [0.15, 0.2) is 57.7 Å². The molecule has 1 amide bonds. The first-order valence-corrected chi connectivity index (χ1v) is 9.40. The highest BCUT2D eigenvalue weighted by molar-refractivity contribution is 5.91. The third-order valence-corrected chi connectivity index (χ3v) is 5.17. The van der Waals surface area contributed by atoms with Crippen molar-refractivity contribution >= 4 is 28.4 Å². The normalized spacial score (nSPS) is 15.1. The highest BCUT2D eigenvalue weighted by Gasteiger charge is 2.19. The molecule has 0 spiro atoms. The van der Waals surface area contributed by atoms with Gasteiger partial charge in [-0.1, -0.05) is 12.1 Å². The topological polar surface area (TPSA) is 76.7 Å². The standard InChI is InChI=1S/C21H23N3O4/c1-27-17-10-12-23(13-11-17)16-8-6-15(7-9-16)22-20(25)14-24-18-4-2-3-5-19(18)28-21(24)26/h2-9,17H,10-14H2,1H3,(H,22,25). The van der Waals surface area contributed by atoms with Gasteiger partial charge >= 0.3 is 5.76 Å². The number of hydrogen-bond donors (Lipinski definition) is 1. The van der Waals surface area contributed by atoms with Crippen LogP contribution in [0.1, 0.15) is 12.8 Å². The number of aromatic nitrogens is 1. The first-order chi connectivity index (χ1) is 13.6. The van der Waals surface area contributed by atoms with Gasteiger partial charge in [0.1, 0.15) is 6.54 Å². The summed E-state index contributed by atoms with van der Waals surface area (Å²) < 4.78 is 11.9. The number of benzene rings is 2. The molecular weight excluding hydrogens is 358 g/mol. The Hall–Kier alpha value is -3.06. The molecule has 1 aliphatic heterocycles. The van der Waals surface area contributed by atoms with Gasteiger partial charge in [-0.25, -0.2) is 4.79 Å². The summed E-state index contributed by atoms with van der Waals surface area (Å²) >= 11 is 0. The van der Waals surface area contributed by atoms with E-state index in [1.807, 2.05) is 24.3 Å². The second-order valence-electron chi connectivity index (χ2n) is 6.94. The molecule has 0 unspecified atom stereocenters. The molecule has 4 rings (SSSR count). The molecule has 1 fully saturated rings. The van der Waals surface area contributed by atoms with Crippen LogP contribution in [-0.2, 0) is 16.1 Å². The van der Waals surface area contributed by atoms with E-state index < -0.39 is 5.76 Å². The molecule has 2 aromatic carbocycles. The van der Waals surface area contributed by atoms with E-state index in [0.717, 1.165) is 31.6 Å². The molecule has 1 N–H and O–H groups in total. The van der Waals surface area contributed by atoms with E-state index in [-0.39, 0.29) is 12.5 Å². The number of piperidine rings is 1. The molecular formula is C21H23N3O4. The Morgan fingerprint density at radius 3 is 2.57 bits per heavy atom. The van der Waals surface area contributed by atoms with Crippen LogP contribution in [-0.4, -0.2) is 36.8 Å². The van der Waals surface area contributed by atoms with Gasteiger partial charge < -0.3 is 19.4 Å². The Morgan fingerprint density at radius 2 is 1.86 bits per heavy atom. The Bertz CT molecular complexity index is 1010. The summed E-state index contributed by atoms with van der Waals surface area (Å²) in [4.78, 5) is 26.7. The van der Waals surface area contributed by atoms with Gasteiger partial charge in [0.15, 0.2) is 5.58 Å². The largest absolute Gasteiger partial charge is 0.420 e. The van der Waals surface area contributed by atoms with Crippen molar-refractivity contribution < 1.29 is 13.9 Å². The lowest BCUT2D eigenvalue weighted by Gasteiger charge is -2.33. The van der Waals surface area contributed by atoms with Crippen molar-refractivity contribution in [2.24, 2.45) is 0 Å². The van der Waals surface area contributed by atoms with E-state index in [2.05, 4.69) is 10.2 Å². The first kappa shape index (κ1) is 18.3. The second kappa shape index (κ2) is 7.90. The number of ether oxygens (including phenoxy) is 1. The van der Waals surface area contributed by atoms with E-state index >= 15 is 0 Å². The van der Waals surface area contributed by atoms with Crippen molar-refractivity contribution in [2.45, 2.75) is 25.5 Å². The quantitative estimate of drug-likeness (QED) is 0.735.